The fourth-order valence-electron chi connectivity index (χ4n) is 3.00. The lowest BCUT2D eigenvalue weighted by Crippen LogP contribution is -2.48. The third-order valence-corrected chi connectivity index (χ3v) is 4.81. The fraction of sp³-hybridized carbons (Fsp3) is 0.167. The van der Waals surface area contributed by atoms with Crippen LogP contribution in [0, 0.1) is 0 Å². The Labute approximate surface area is 182 Å². The highest BCUT2D eigenvalue weighted by molar-refractivity contribution is 5.98. The number of carbonyl (C=O) groups is 2. The molecule has 0 unspecified atom stereocenters. The normalized spacial score (nSPS) is 12.1. The highest BCUT2D eigenvalue weighted by atomic mass is 19.4. The van der Waals surface area contributed by atoms with Gasteiger partial charge in [0.15, 0.2) is 0 Å². The number of hydrogen-bond acceptors (Lipinski definition) is 3. The van der Waals surface area contributed by atoms with E-state index >= 15 is 0 Å². The van der Waals surface area contributed by atoms with Crippen molar-refractivity contribution in [3.8, 4) is 11.1 Å². The molecular formula is C24H21F3N2O3. The van der Waals surface area contributed by atoms with Crippen LogP contribution in [0.25, 0.3) is 11.1 Å². The van der Waals surface area contributed by atoms with Gasteiger partial charge in [0.25, 0.3) is 5.91 Å². The molecule has 32 heavy (non-hydrogen) atoms. The van der Waals surface area contributed by atoms with E-state index in [-0.39, 0.29) is 6.54 Å². The van der Waals surface area contributed by atoms with E-state index in [1.807, 2.05) is 30.3 Å². The van der Waals surface area contributed by atoms with E-state index in [0.717, 1.165) is 23.3 Å². The van der Waals surface area contributed by atoms with Crippen molar-refractivity contribution in [3.05, 3.63) is 95.6 Å². The molecule has 0 spiro atoms. The smallest absolute Gasteiger partial charge is 0.394 e. The summed E-state index contributed by atoms with van der Waals surface area (Å²) in [6, 6.07) is 19.6. The van der Waals surface area contributed by atoms with Crippen molar-refractivity contribution in [2.24, 2.45) is 0 Å². The van der Waals surface area contributed by atoms with E-state index < -0.39 is 36.2 Å². The number of halogens is 3. The summed E-state index contributed by atoms with van der Waals surface area (Å²) >= 11 is 0. The molecule has 0 saturated carbocycles. The molecule has 3 N–H and O–H groups in total. The number of nitrogens with one attached hydrogen (secondary N) is 2. The van der Waals surface area contributed by atoms with Gasteiger partial charge in [-0.2, -0.15) is 13.2 Å². The monoisotopic (exact) mass is 442 g/mol. The summed E-state index contributed by atoms with van der Waals surface area (Å²) in [7, 11) is 0. The van der Waals surface area contributed by atoms with E-state index in [1.54, 1.807) is 24.3 Å². The number of aliphatic hydroxyl groups is 1. The van der Waals surface area contributed by atoms with Crippen molar-refractivity contribution in [1.29, 1.82) is 0 Å². The lowest BCUT2D eigenvalue weighted by molar-refractivity contribution is -0.137. The van der Waals surface area contributed by atoms with E-state index in [4.69, 9.17) is 0 Å². The Morgan fingerprint density at radius 3 is 2.00 bits per heavy atom. The van der Waals surface area contributed by atoms with Crippen LogP contribution in [0.15, 0.2) is 78.9 Å². The zero-order chi connectivity index (χ0) is 23.1. The van der Waals surface area contributed by atoms with Crippen LogP contribution < -0.4 is 10.6 Å². The third-order valence-electron chi connectivity index (χ3n) is 4.81. The van der Waals surface area contributed by atoms with Crippen molar-refractivity contribution >= 4 is 11.8 Å². The first kappa shape index (κ1) is 23.0. The summed E-state index contributed by atoms with van der Waals surface area (Å²) in [5.74, 6) is -1.19. The summed E-state index contributed by atoms with van der Waals surface area (Å²) in [6.45, 7) is -0.679. The summed E-state index contributed by atoms with van der Waals surface area (Å²) in [4.78, 5) is 24.8. The molecule has 0 radical (unpaired) electrons. The second-order valence-corrected chi connectivity index (χ2v) is 7.06. The maximum absolute atomic E-state index is 12.6. The van der Waals surface area contributed by atoms with Crippen molar-refractivity contribution in [2.45, 2.75) is 18.8 Å². The summed E-state index contributed by atoms with van der Waals surface area (Å²) in [5, 5.41) is 14.5. The van der Waals surface area contributed by atoms with Gasteiger partial charge in [-0.25, -0.2) is 0 Å². The molecule has 0 heterocycles. The molecule has 5 nitrogen and oxygen atoms in total. The van der Waals surface area contributed by atoms with Crippen molar-refractivity contribution in [2.75, 3.05) is 6.61 Å². The first-order valence-electron chi connectivity index (χ1n) is 9.79. The molecule has 0 aliphatic heterocycles. The Morgan fingerprint density at radius 2 is 1.44 bits per heavy atom. The largest absolute Gasteiger partial charge is 0.416 e. The van der Waals surface area contributed by atoms with Crippen LogP contribution in [0.5, 0.6) is 0 Å². The summed E-state index contributed by atoms with van der Waals surface area (Å²) < 4.78 is 37.9. The standard InChI is InChI=1S/C24H21F3N2O3/c25-24(26,27)20-12-6-16(7-13-20)14-28-23(32)21(15-30)29-22(31)19-10-8-18(9-11-19)17-4-2-1-3-5-17/h1-13,21,30H,14-15H2,(H,28,32)(H,29,31)/t21-/m0/s1. The Hall–Kier alpha value is -3.65. The number of hydrogen-bond donors (Lipinski definition) is 3. The van der Waals surface area contributed by atoms with Gasteiger partial charge in [-0.1, -0.05) is 54.6 Å². The quantitative estimate of drug-likeness (QED) is 0.521. The molecule has 3 aromatic carbocycles. The van der Waals surface area contributed by atoms with Gasteiger partial charge in [0.2, 0.25) is 5.91 Å². The Morgan fingerprint density at radius 1 is 0.844 bits per heavy atom. The lowest BCUT2D eigenvalue weighted by atomic mass is 10.0. The highest BCUT2D eigenvalue weighted by Crippen LogP contribution is 2.29. The molecule has 0 fully saturated rings. The molecule has 0 aromatic heterocycles. The second-order valence-electron chi connectivity index (χ2n) is 7.06. The molecule has 0 bridgehead atoms. The molecule has 0 aliphatic rings. The molecule has 1 atom stereocenters. The van der Waals surface area contributed by atoms with Crippen LogP contribution in [0.1, 0.15) is 21.5 Å². The minimum absolute atomic E-state index is 0.0465. The number of benzene rings is 3. The van der Waals surface area contributed by atoms with Gasteiger partial charge in [-0.05, 0) is 41.0 Å². The lowest BCUT2D eigenvalue weighted by Gasteiger charge is -2.16. The minimum atomic E-state index is -4.44. The zero-order valence-corrected chi connectivity index (χ0v) is 16.9. The van der Waals surface area contributed by atoms with Crippen LogP contribution in [0.2, 0.25) is 0 Å². The number of rotatable bonds is 7. The molecule has 3 rings (SSSR count). The van der Waals surface area contributed by atoms with Crippen LogP contribution >= 0.6 is 0 Å². The number of carbonyl (C=O) groups excluding carboxylic acids is 2. The predicted octanol–water partition coefficient (Wildman–Crippen LogP) is 3.78. The molecule has 0 aliphatic carbocycles. The first-order chi connectivity index (χ1) is 15.3. The molecule has 3 aromatic rings. The predicted molar refractivity (Wildman–Crippen MR) is 114 cm³/mol. The SMILES string of the molecule is O=C(N[C@@H](CO)C(=O)NCc1ccc(C(F)(F)F)cc1)c1ccc(-c2ccccc2)cc1. The van der Waals surface area contributed by atoms with Gasteiger partial charge in [-0.15, -0.1) is 0 Å². The van der Waals surface area contributed by atoms with E-state index in [2.05, 4.69) is 10.6 Å². The second kappa shape index (κ2) is 10.1. The highest BCUT2D eigenvalue weighted by Gasteiger charge is 2.30. The number of amides is 2. The van der Waals surface area contributed by atoms with Gasteiger partial charge < -0.3 is 15.7 Å². The summed E-state index contributed by atoms with van der Waals surface area (Å²) in [5.41, 5.74) is 1.90. The topological polar surface area (TPSA) is 78.4 Å². The molecule has 8 heteroatoms. The van der Waals surface area contributed by atoms with E-state index in [1.165, 1.54) is 12.1 Å². The fourth-order valence-corrected chi connectivity index (χ4v) is 3.00. The van der Waals surface area contributed by atoms with Crippen LogP contribution in [-0.2, 0) is 17.5 Å². The maximum Gasteiger partial charge on any atom is 0.416 e. The molecule has 0 saturated heterocycles. The average molecular weight is 442 g/mol. The minimum Gasteiger partial charge on any atom is -0.394 e. The van der Waals surface area contributed by atoms with Gasteiger partial charge >= 0.3 is 6.18 Å². The Balaban J connectivity index is 1.57. The number of alkyl halides is 3. The van der Waals surface area contributed by atoms with E-state index in [9.17, 15) is 27.9 Å². The van der Waals surface area contributed by atoms with Crippen LogP contribution in [0.3, 0.4) is 0 Å². The molecule has 166 valence electrons. The van der Waals surface area contributed by atoms with E-state index in [0.29, 0.717) is 11.1 Å². The van der Waals surface area contributed by atoms with Crippen molar-refractivity contribution in [1.82, 2.24) is 10.6 Å². The Kier molecular flexibility index (Phi) is 7.27. The Bertz CT molecular complexity index is 1050. The van der Waals surface area contributed by atoms with Gasteiger partial charge in [-0.3, -0.25) is 9.59 Å². The molecular weight excluding hydrogens is 421 g/mol. The third kappa shape index (κ3) is 5.95. The summed E-state index contributed by atoms with van der Waals surface area (Å²) in [6.07, 6.45) is -4.44. The number of aliphatic hydroxyl groups excluding tert-OH is 1. The average Bonchev–Trinajstić information content (AvgIpc) is 2.81. The van der Waals surface area contributed by atoms with Gasteiger partial charge in [0, 0.05) is 12.1 Å². The maximum atomic E-state index is 12.6. The van der Waals surface area contributed by atoms with Crippen molar-refractivity contribution < 1.29 is 27.9 Å². The molecule has 2 amide bonds. The van der Waals surface area contributed by atoms with Gasteiger partial charge in [0.1, 0.15) is 6.04 Å². The zero-order valence-electron chi connectivity index (χ0n) is 16.9. The van der Waals surface area contributed by atoms with Crippen LogP contribution in [0.4, 0.5) is 13.2 Å². The van der Waals surface area contributed by atoms with Gasteiger partial charge in [0.05, 0.1) is 12.2 Å². The van der Waals surface area contributed by atoms with Crippen LogP contribution in [-0.4, -0.2) is 29.6 Å². The van der Waals surface area contributed by atoms with Crippen molar-refractivity contribution in [3.63, 3.8) is 0 Å². The first-order valence-corrected chi connectivity index (χ1v) is 9.79.